The van der Waals surface area contributed by atoms with Crippen molar-refractivity contribution in [3.8, 4) is 17.0 Å². The Morgan fingerprint density at radius 3 is 2.37 bits per heavy atom. The van der Waals surface area contributed by atoms with Crippen LogP contribution in [0.1, 0.15) is 25.7 Å². The van der Waals surface area contributed by atoms with Crippen LogP contribution in [0.5, 0.6) is 5.75 Å². The van der Waals surface area contributed by atoms with E-state index in [0.717, 1.165) is 28.5 Å². The van der Waals surface area contributed by atoms with E-state index in [0.29, 0.717) is 12.0 Å². The van der Waals surface area contributed by atoms with E-state index in [9.17, 15) is 0 Å². The summed E-state index contributed by atoms with van der Waals surface area (Å²) in [7, 11) is 1.66. The quantitative estimate of drug-likeness (QED) is 0.629. The first kappa shape index (κ1) is 17.3. The summed E-state index contributed by atoms with van der Waals surface area (Å²) < 4.78 is 5.22. The van der Waals surface area contributed by atoms with Crippen LogP contribution in [0.15, 0.2) is 60.7 Å². The van der Waals surface area contributed by atoms with Crippen molar-refractivity contribution in [3.05, 3.63) is 60.7 Å². The Morgan fingerprint density at radius 2 is 1.67 bits per heavy atom. The van der Waals surface area contributed by atoms with Crippen LogP contribution in [0.25, 0.3) is 11.3 Å². The van der Waals surface area contributed by atoms with Gasteiger partial charge in [-0.2, -0.15) is 4.98 Å². The van der Waals surface area contributed by atoms with Gasteiger partial charge in [0.05, 0.1) is 12.8 Å². The molecule has 2 aromatic carbocycles. The van der Waals surface area contributed by atoms with E-state index >= 15 is 0 Å². The Balaban J connectivity index is 1.63. The zero-order valence-electron chi connectivity index (χ0n) is 15.5. The van der Waals surface area contributed by atoms with E-state index in [4.69, 9.17) is 14.7 Å². The van der Waals surface area contributed by atoms with Crippen molar-refractivity contribution in [2.75, 3.05) is 17.7 Å². The molecule has 4 rings (SSSR count). The number of nitrogens with one attached hydrogen (secondary N) is 2. The number of methoxy groups -OCH3 is 1. The van der Waals surface area contributed by atoms with E-state index in [1.165, 1.54) is 25.7 Å². The summed E-state index contributed by atoms with van der Waals surface area (Å²) in [6, 6.07) is 20.5. The van der Waals surface area contributed by atoms with E-state index < -0.39 is 0 Å². The van der Waals surface area contributed by atoms with Crippen molar-refractivity contribution in [2.24, 2.45) is 0 Å². The fourth-order valence-electron chi connectivity index (χ4n) is 3.42. The predicted octanol–water partition coefficient (Wildman–Crippen LogP) is 5.25. The molecule has 1 fully saturated rings. The topological polar surface area (TPSA) is 59.1 Å². The highest BCUT2D eigenvalue weighted by Gasteiger charge is 2.16. The summed E-state index contributed by atoms with van der Waals surface area (Å²) in [6.45, 7) is 0. The van der Waals surface area contributed by atoms with Crippen LogP contribution in [0.4, 0.5) is 17.5 Å². The number of hydrogen-bond donors (Lipinski definition) is 2. The summed E-state index contributed by atoms with van der Waals surface area (Å²) in [6.07, 6.45) is 4.97. The Hall–Kier alpha value is -3.08. The van der Waals surface area contributed by atoms with Crippen molar-refractivity contribution in [1.82, 2.24) is 9.97 Å². The monoisotopic (exact) mass is 360 g/mol. The minimum atomic E-state index is 0.498. The van der Waals surface area contributed by atoms with Crippen molar-refractivity contribution in [1.29, 1.82) is 0 Å². The third-order valence-corrected chi connectivity index (χ3v) is 4.85. The highest BCUT2D eigenvalue weighted by molar-refractivity contribution is 5.66. The third kappa shape index (κ3) is 4.37. The van der Waals surface area contributed by atoms with E-state index in [1.54, 1.807) is 7.11 Å². The first-order valence-electron chi connectivity index (χ1n) is 9.42. The van der Waals surface area contributed by atoms with Gasteiger partial charge in [0.25, 0.3) is 0 Å². The molecule has 0 aliphatic heterocycles. The first-order chi connectivity index (χ1) is 13.3. The fourth-order valence-corrected chi connectivity index (χ4v) is 3.42. The Labute approximate surface area is 159 Å². The van der Waals surface area contributed by atoms with Crippen LogP contribution < -0.4 is 15.4 Å². The molecule has 1 heterocycles. The smallest absolute Gasteiger partial charge is 0.229 e. The van der Waals surface area contributed by atoms with Crippen LogP contribution in [-0.4, -0.2) is 23.1 Å². The summed E-state index contributed by atoms with van der Waals surface area (Å²) in [5.41, 5.74) is 2.90. The zero-order valence-corrected chi connectivity index (χ0v) is 15.5. The molecule has 5 heteroatoms. The summed E-state index contributed by atoms with van der Waals surface area (Å²) in [5.74, 6) is 2.27. The second-order valence-electron chi connectivity index (χ2n) is 6.81. The molecular weight excluding hydrogens is 336 g/mol. The maximum atomic E-state index is 5.22. The van der Waals surface area contributed by atoms with Crippen molar-refractivity contribution in [3.63, 3.8) is 0 Å². The summed E-state index contributed by atoms with van der Waals surface area (Å²) in [5, 5.41) is 6.90. The largest absolute Gasteiger partial charge is 0.497 e. The van der Waals surface area contributed by atoms with Gasteiger partial charge in [0.15, 0.2) is 0 Å². The average molecular weight is 360 g/mol. The molecule has 27 heavy (non-hydrogen) atoms. The maximum absolute atomic E-state index is 5.22. The Morgan fingerprint density at radius 1 is 0.926 bits per heavy atom. The number of ether oxygens (including phenoxy) is 1. The standard InChI is InChI=1S/C22H24N4O/c1-27-19-13-11-18(12-14-19)24-22-25-20(16-7-3-2-4-8-16)15-21(26-22)23-17-9-5-6-10-17/h2-4,7-8,11-15,17H,5-6,9-10H2,1H3,(H2,23,24,25,26). The lowest BCUT2D eigenvalue weighted by Gasteiger charge is -2.15. The number of hydrogen-bond acceptors (Lipinski definition) is 5. The minimum Gasteiger partial charge on any atom is -0.497 e. The Kier molecular flexibility index (Phi) is 5.19. The molecule has 0 spiro atoms. The number of nitrogens with zero attached hydrogens (tertiary/aromatic N) is 2. The van der Waals surface area contributed by atoms with Crippen molar-refractivity contribution >= 4 is 17.5 Å². The summed E-state index contributed by atoms with van der Waals surface area (Å²) >= 11 is 0. The third-order valence-electron chi connectivity index (χ3n) is 4.85. The van der Waals surface area contributed by atoms with Gasteiger partial charge in [-0.15, -0.1) is 0 Å². The predicted molar refractivity (Wildman–Crippen MR) is 110 cm³/mol. The van der Waals surface area contributed by atoms with Gasteiger partial charge in [-0.1, -0.05) is 43.2 Å². The molecule has 138 valence electrons. The maximum Gasteiger partial charge on any atom is 0.229 e. The van der Waals surface area contributed by atoms with Gasteiger partial charge < -0.3 is 15.4 Å². The van der Waals surface area contributed by atoms with Gasteiger partial charge in [0.2, 0.25) is 5.95 Å². The Bertz CT molecular complexity index is 875. The molecular formula is C22H24N4O. The second kappa shape index (κ2) is 8.08. The SMILES string of the molecule is COc1ccc(Nc2nc(NC3CCCC3)cc(-c3ccccc3)n2)cc1. The fraction of sp³-hybridized carbons (Fsp3) is 0.273. The lowest BCUT2D eigenvalue weighted by Crippen LogP contribution is -2.16. The van der Waals surface area contributed by atoms with Gasteiger partial charge in [-0.05, 0) is 37.1 Å². The molecule has 3 aromatic rings. The van der Waals surface area contributed by atoms with E-state index in [-0.39, 0.29) is 0 Å². The van der Waals surface area contributed by atoms with E-state index in [1.807, 2.05) is 48.5 Å². The molecule has 0 radical (unpaired) electrons. The number of benzene rings is 2. The first-order valence-corrected chi connectivity index (χ1v) is 9.42. The van der Waals surface area contributed by atoms with Crippen LogP contribution in [-0.2, 0) is 0 Å². The molecule has 2 N–H and O–H groups in total. The second-order valence-corrected chi connectivity index (χ2v) is 6.81. The van der Waals surface area contributed by atoms with Crippen molar-refractivity contribution < 1.29 is 4.74 Å². The number of anilines is 3. The molecule has 0 atom stereocenters. The highest BCUT2D eigenvalue weighted by Crippen LogP contribution is 2.26. The van der Waals surface area contributed by atoms with Gasteiger partial charge in [0.1, 0.15) is 11.6 Å². The molecule has 1 aliphatic rings. The van der Waals surface area contributed by atoms with Crippen LogP contribution in [0.2, 0.25) is 0 Å². The molecule has 1 aromatic heterocycles. The molecule has 1 saturated carbocycles. The van der Waals surface area contributed by atoms with E-state index in [2.05, 4.69) is 22.8 Å². The van der Waals surface area contributed by atoms with Crippen LogP contribution >= 0.6 is 0 Å². The van der Waals surface area contributed by atoms with Gasteiger partial charge in [0, 0.05) is 23.4 Å². The summed E-state index contributed by atoms with van der Waals surface area (Å²) in [4.78, 5) is 9.42. The van der Waals surface area contributed by atoms with Crippen LogP contribution in [0, 0.1) is 0 Å². The highest BCUT2D eigenvalue weighted by atomic mass is 16.5. The van der Waals surface area contributed by atoms with Gasteiger partial charge >= 0.3 is 0 Å². The van der Waals surface area contributed by atoms with Gasteiger partial charge in [-0.25, -0.2) is 4.98 Å². The number of rotatable bonds is 6. The zero-order chi connectivity index (χ0) is 18.5. The minimum absolute atomic E-state index is 0.498. The lowest BCUT2D eigenvalue weighted by atomic mass is 10.1. The normalized spacial score (nSPS) is 14.1. The molecule has 0 saturated heterocycles. The molecule has 0 amide bonds. The average Bonchev–Trinajstić information content (AvgIpc) is 3.22. The lowest BCUT2D eigenvalue weighted by molar-refractivity contribution is 0.415. The van der Waals surface area contributed by atoms with Crippen LogP contribution in [0.3, 0.4) is 0 Å². The molecule has 0 bridgehead atoms. The van der Waals surface area contributed by atoms with Gasteiger partial charge in [-0.3, -0.25) is 0 Å². The molecule has 0 unspecified atom stereocenters. The number of aromatic nitrogens is 2. The molecule has 5 nitrogen and oxygen atoms in total. The van der Waals surface area contributed by atoms with Crippen molar-refractivity contribution in [2.45, 2.75) is 31.7 Å². The molecule has 1 aliphatic carbocycles.